The van der Waals surface area contributed by atoms with E-state index in [0.717, 1.165) is 10.3 Å². The van der Waals surface area contributed by atoms with E-state index >= 15 is 0 Å². The lowest BCUT2D eigenvalue weighted by atomic mass is 10.2. The van der Waals surface area contributed by atoms with Crippen LogP contribution in [0.1, 0.15) is 12.5 Å². The zero-order chi connectivity index (χ0) is 8.10. The molecule has 0 aliphatic rings. The van der Waals surface area contributed by atoms with Crippen LogP contribution in [0.5, 0.6) is 0 Å². The maximum atomic E-state index is 10.8. The Morgan fingerprint density at radius 1 is 1.36 bits per heavy atom. The highest BCUT2D eigenvalue weighted by Gasteiger charge is 1.93. The Kier molecular flexibility index (Phi) is 2.66. The van der Waals surface area contributed by atoms with Gasteiger partial charge < -0.3 is 5.21 Å². The Labute approximate surface area is 66.4 Å². The van der Waals surface area contributed by atoms with E-state index in [1.165, 1.54) is 6.21 Å². The van der Waals surface area contributed by atoms with Gasteiger partial charge in [0.25, 0.3) is 0 Å². The molecule has 0 atom stereocenters. The lowest BCUT2D eigenvalue weighted by Gasteiger charge is -2.01. The average molecular weight is 149 g/mol. The highest BCUT2D eigenvalue weighted by Crippen LogP contribution is 1.98. The molecule has 0 radical (unpaired) electrons. The van der Waals surface area contributed by atoms with Crippen molar-refractivity contribution < 1.29 is 4.74 Å². The fourth-order valence-electron chi connectivity index (χ4n) is 0.855. The molecule has 0 N–H and O–H groups in total. The third-order valence-electron chi connectivity index (χ3n) is 1.47. The van der Waals surface area contributed by atoms with Crippen molar-refractivity contribution in [3.63, 3.8) is 0 Å². The van der Waals surface area contributed by atoms with E-state index in [-0.39, 0.29) is 0 Å². The van der Waals surface area contributed by atoms with Gasteiger partial charge in [-0.25, -0.2) is 4.74 Å². The molecule has 0 saturated carbocycles. The second kappa shape index (κ2) is 3.76. The Bertz CT molecular complexity index is 241. The molecule has 2 heteroatoms. The summed E-state index contributed by atoms with van der Waals surface area (Å²) in [5, 5.41) is 10.8. The van der Waals surface area contributed by atoms with E-state index < -0.39 is 0 Å². The van der Waals surface area contributed by atoms with Crippen LogP contribution in [0.25, 0.3) is 0 Å². The van der Waals surface area contributed by atoms with Crippen molar-refractivity contribution in [1.29, 1.82) is 0 Å². The molecular formula is C9H11NO. The summed E-state index contributed by atoms with van der Waals surface area (Å²) in [5.41, 5.74) is 1.04. The number of nitrogens with zero attached hydrogens (tertiary/aromatic N) is 1. The first-order chi connectivity index (χ1) is 5.33. The zero-order valence-electron chi connectivity index (χ0n) is 6.53. The van der Waals surface area contributed by atoms with Crippen molar-refractivity contribution in [1.82, 2.24) is 0 Å². The second-order valence-corrected chi connectivity index (χ2v) is 2.32. The molecular weight excluding hydrogens is 138 g/mol. The third-order valence-corrected chi connectivity index (χ3v) is 1.47. The van der Waals surface area contributed by atoms with Gasteiger partial charge in [0, 0.05) is 12.5 Å². The lowest BCUT2D eigenvalue weighted by Crippen LogP contribution is -2.02. The van der Waals surface area contributed by atoms with Crippen LogP contribution in [-0.4, -0.2) is 11.0 Å². The van der Waals surface area contributed by atoms with Crippen molar-refractivity contribution >= 4 is 6.21 Å². The van der Waals surface area contributed by atoms with Crippen LogP contribution in [0.2, 0.25) is 0 Å². The Morgan fingerprint density at radius 3 is 2.55 bits per heavy atom. The van der Waals surface area contributed by atoms with E-state index in [9.17, 15) is 5.21 Å². The SMILES string of the molecule is C/C=[N+](\[O-])Cc1ccccc1. The summed E-state index contributed by atoms with van der Waals surface area (Å²) < 4.78 is 0.912. The van der Waals surface area contributed by atoms with Crippen molar-refractivity contribution in [3.05, 3.63) is 41.1 Å². The number of rotatable bonds is 2. The molecule has 1 aromatic rings. The van der Waals surface area contributed by atoms with E-state index in [1.807, 2.05) is 30.3 Å². The molecule has 0 aliphatic heterocycles. The van der Waals surface area contributed by atoms with Crippen LogP contribution in [0.4, 0.5) is 0 Å². The van der Waals surface area contributed by atoms with Crippen molar-refractivity contribution in [2.75, 3.05) is 0 Å². The Hall–Kier alpha value is -1.31. The van der Waals surface area contributed by atoms with Gasteiger partial charge in [-0.2, -0.15) is 0 Å². The first-order valence-electron chi connectivity index (χ1n) is 3.60. The van der Waals surface area contributed by atoms with E-state index in [1.54, 1.807) is 6.92 Å². The van der Waals surface area contributed by atoms with Gasteiger partial charge >= 0.3 is 0 Å². The van der Waals surface area contributed by atoms with Gasteiger partial charge in [-0.3, -0.25) is 0 Å². The molecule has 11 heavy (non-hydrogen) atoms. The Balaban J connectivity index is 2.65. The van der Waals surface area contributed by atoms with Crippen molar-refractivity contribution in [2.24, 2.45) is 0 Å². The monoisotopic (exact) mass is 149 g/mol. The second-order valence-electron chi connectivity index (χ2n) is 2.32. The van der Waals surface area contributed by atoms with E-state index in [0.29, 0.717) is 6.54 Å². The number of hydrogen-bond donors (Lipinski definition) is 0. The fourth-order valence-corrected chi connectivity index (χ4v) is 0.855. The van der Waals surface area contributed by atoms with Gasteiger partial charge in [-0.15, -0.1) is 0 Å². The minimum atomic E-state index is 0.442. The first kappa shape index (κ1) is 7.79. The molecule has 2 nitrogen and oxygen atoms in total. The number of benzene rings is 1. The van der Waals surface area contributed by atoms with E-state index in [4.69, 9.17) is 0 Å². The summed E-state index contributed by atoms with van der Waals surface area (Å²) in [7, 11) is 0. The van der Waals surface area contributed by atoms with Crippen molar-refractivity contribution in [3.8, 4) is 0 Å². The molecule has 0 aliphatic carbocycles. The summed E-state index contributed by atoms with van der Waals surface area (Å²) in [5.74, 6) is 0. The molecule has 0 heterocycles. The normalized spacial score (nSPS) is 11.5. The van der Waals surface area contributed by atoms with Crippen LogP contribution in [0, 0.1) is 5.21 Å². The highest BCUT2D eigenvalue weighted by molar-refractivity contribution is 5.46. The molecule has 0 aromatic heterocycles. The molecule has 0 saturated heterocycles. The van der Waals surface area contributed by atoms with Gasteiger partial charge in [-0.05, 0) is 0 Å². The van der Waals surface area contributed by atoms with Gasteiger partial charge in [0.05, 0.1) is 0 Å². The molecule has 0 unspecified atom stereocenters. The molecule has 0 amide bonds. The van der Waals surface area contributed by atoms with Gasteiger partial charge in [0.15, 0.2) is 6.54 Å². The van der Waals surface area contributed by atoms with Gasteiger partial charge in [0.2, 0.25) is 0 Å². The quantitative estimate of drug-likeness (QED) is 0.272. The van der Waals surface area contributed by atoms with Crippen LogP contribution < -0.4 is 0 Å². The van der Waals surface area contributed by atoms with Crippen LogP contribution in [0.3, 0.4) is 0 Å². The van der Waals surface area contributed by atoms with Gasteiger partial charge in [0.1, 0.15) is 6.21 Å². The molecule has 0 bridgehead atoms. The smallest absolute Gasteiger partial charge is 0.178 e. The highest BCUT2D eigenvalue weighted by atomic mass is 16.5. The maximum Gasteiger partial charge on any atom is 0.178 e. The predicted octanol–water partition coefficient (Wildman–Crippen LogP) is 1.79. The van der Waals surface area contributed by atoms with Crippen LogP contribution >= 0.6 is 0 Å². The average Bonchev–Trinajstić information content (AvgIpc) is 2.06. The topological polar surface area (TPSA) is 26.1 Å². The molecule has 1 aromatic carbocycles. The zero-order valence-corrected chi connectivity index (χ0v) is 6.53. The summed E-state index contributed by atoms with van der Waals surface area (Å²) in [6.45, 7) is 2.17. The standard InChI is InChI=1S/C9H11NO/c1-2-10(11)8-9-6-4-3-5-7-9/h2-7H,8H2,1H3/b10-2-. The summed E-state index contributed by atoms with van der Waals surface area (Å²) in [4.78, 5) is 0. The summed E-state index contributed by atoms with van der Waals surface area (Å²) >= 11 is 0. The molecule has 0 fully saturated rings. The number of hydrogen-bond acceptors (Lipinski definition) is 1. The first-order valence-corrected chi connectivity index (χ1v) is 3.60. The van der Waals surface area contributed by atoms with E-state index in [2.05, 4.69) is 0 Å². The summed E-state index contributed by atoms with van der Waals surface area (Å²) in [6, 6.07) is 9.68. The van der Waals surface area contributed by atoms with Crippen LogP contribution in [0.15, 0.2) is 30.3 Å². The molecule has 0 spiro atoms. The maximum absolute atomic E-state index is 10.8. The largest absolute Gasteiger partial charge is 0.624 e. The molecule has 58 valence electrons. The Morgan fingerprint density at radius 2 is 2.00 bits per heavy atom. The lowest BCUT2D eigenvalue weighted by molar-refractivity contribution is -0.470. The minimum absolute atomic E-state index is 0.442. The minimum Gasteiger partial charge on any atom is -0.624 e. The van der Waals surface area contributed by atoms with Gasteiger partial charge in [-0.1, -0.05) is 30.3 Å². The molecule has 1 rings (SSSR count). The third kappa shape index (κ3) is 2.42. The predicted molar refractivity (Wildman–Crippen MR) is 45.5 cm³/mol. The number of hydroxylamine groups is 1. The van der Waals surface area contributed by atoms with Crippen LogP contribution in [-0.2, 0) is 6.54 Å². The van der Waals surface area contributed by atoms with Crippen molar-refractivity contribution in [2.45, 2.75) is 13.5 Å². The summed E-state index contributed by atoms with van der Waals surface area (Å²) in [6.07, 6.45) is 1.52. The fraction of sp³-hybridized carbons (Fsp3) is 0.222.